The minimum absolute atomic E-state index is 0.0410. The molecule has 0 aromatic heterocycles. The van der Waals surface area contributed by atoms with Crippen molar-refractivity contribution in [2.75, 3.05) is 18.0 Å². The summed E-state index contributed by atoms with van der Waals surface area (Å²) >= 11 is 5.50. The van der Waals surface area contributed by atoms with E-state index < -0.39 is 26.5 Å². The predicted molar refractivity (Wildman–Crippen MR) is 82.7 cm³/mol. The standard InChI is InChI=1S/C13H16ClN3O5/c1-3-5-15(6-4-2)12-10(13(14)18)7-9(16(19)20)8-11(12)17(21)22/h7-8H,3-6H2,1-2H3. The lowest BCUT2D eigenvalue weighted by atomic mass is 10.1. The Kier molecular flexibility index (Phi) is 6.24. The highest BCUT2D eigenvalue weighted by Gasteiger charge is 2.29. The first-order valence-corrected chi connectivity index (χ1v) is 7.12. The van der Waals surface area contributed by atoms with Gasteiger partial charge in [-0.1, -0.05) is 13.8 Å². The van der Waals surface area contributed by atoms with Gasteiger partial charge in [-0.3, -0.25) is 25.0 Å². The molecule has 1 rings (SSSR count). The summed E-state index contributed by atoms with van der Waals surface area (Å²) in [5.41, 5.74) is -1.20. The van der Waals surface area contributed by atoms with Crippen LogP contribution in [0.3, 0.4) is 0 Å². The summed E-state index contributed by atoms with van der Waals surface area (Å²) in [5, 5.41) is 21.2. The molecule has 9 heteroatoms. The fraction of sp³-hybridized carbons (Fsp3) is 0.462. The predicted octanol–water partition coefficient (Wildman–Crippen LogP) is 3.51. The normalized spacial score (nSPS) is 10.3. The van der Waals surface area contributed by atoms with E-state index in [9.17, 15) is 25.0 Å². The second-order valence-corrected chi connectivity index (χ2v) is 4.98. The highest BCUT2D eigenvalue weighted by Crippen LogP contribution is 2.37. The Morgan fingerprint density at radius 3 is 2.05 bits per heavy atom. The van der Waals surface area contributed by atoms with E-state index in [0.717, 1.165) is 12.1 Å². The monoisotopic (exact) mass is 329 g/mol. The summed E-state index contributed by atoms with van der Waals surface area (Å²) in [5.74, 6) is 0. The average Bonchev–Trinajstić information content (AvgIpc) is 2.45. The molecule has 120 valence electrons. The van der Waals surface area contributed by atoms with Crippen LogP contribution in [-0.4, -0.2) is 28.2 Å². The van der Waals surface area contributed by atoms with E-state index in [2.05, 4.69) is 0 Å². The van der Waals surface area contributed by atoms with Gasteiger partial charge in [0, 0.05) is 19.2 Å². The lowest BCUT2D eigenvalue weighted by Crippen LogP contribution is -2.27. The van der Waals surface area contributed by atoms with Crippen LogP contribution in [0.2, 0.25) is 0 Å². The Morgan fingerprint density at radius 1 is 1.14 bits per heavy atom. The average molecular weight is 330 g/mol. The van der Waals surface area contributed by atoms with Crippen LogP contribution in [0.5, 0.6) is 0 Å². The Hall–Kier alpha value is -2.22. The van der Waals surface area contributed by atoms with Gasteiger partial charge >= 0.3 is 0 Å². The van der Waals surface area contributed by atoms with Gasteiger partial charge in [-0.15, -0.1) is 0 Å². The van der Waals surface area contributed by atoms with Crippen molar-refractivity contribution in [3.63, 3.8) is 0 Å². The molecule has 0 radical (unpaired) electrons. The van der Waals surface area contributed by atoms with Crippen LogP contribution in [0, 0.1) is 20.2 Å². The van der Waals surface area contributed by atoms with E-state index in [1.165, 1.54) is 0 Å². The van der Waals surface area contributed by atoms with Crippen molar-refractivity contribution in [2.24, 2.45) is 0 Å². The maximum atomic E-state index is 11.6. The number of hydrogen-bond donors (Lipinski definition) is 0. The molecule has 0 bridgehead atoms. The molecule has 0 spiro atoms. The molecule has 0 atom stereocenters. The zero-order chi connectivity index (χ0) is 16.9. The molecule has 1 aromatic carbocycles. The first-order chi connectivity index (χ1) is 10.3. The van der Waals surface area contributed by atoms with Gasteiger partial charge in [-0.25, -0.2) is 0 Å². The van der Waals surface area contributed by atoms with Crippen LogP contribution in [0.25, 0.3) is 0 Å². The molecule has 0 aliphatic carbocycles. The van der Waals surface area contributed by atoms with Gasteiger partial charge < -0.3 is 4.90 Å². The third-order valence-electron chi connectivity index (χ3n) is 3.00. The van der Waals surface area contributed by atoms with Crippen LogP contribution < -0.4 is 4.90 Å². The summed E-state index contributed by atoms with van der Waals surface area (Å²) in [7, 11) is 0. The molecule has 0 aliphatic rings. The van der Waals surface area contributed by atoms with Gasteiger partial charge in [0.25, 0.3) is 16.6 Å². The summed E-state index contributed by atoms with van der Waals surface area (Å²) in [6.45, 7) is 4.73. The summed E-state index contributed by atoms with van der Waals surface area (Å²) in [4.78, 5) is 34.0. The molecular formula is C13H16ClN3O5. The van der Waals surface area contributed by atoms with Gasteiger partial charge in [0.1, 0.15) is 5.69 Å². The highest BCUT2D eigenvalue weighted by atomic mass is 35.5. The van der Waals surface area contributed by atoms with E-state index in [-0.39, 0.29) is 11.3 Å². The first-order valence-electron chi connectivity index (χ1n) is 6.75. The van der Waals surface area contributed by atoms with E-state index in [1.54, 1.807) is 4.90 Å². The van der Waals surface area contributed by atoms with Gasteiger partial charge in [-0.2, -0.15) is 0 Å². The maximum Gasteiger partial charge on any atom is 0.300 e. The zero-order valence-electron chi connectivity index (χ0n) is 12.2. The maximum absolute atomic E-state index is 11.6. The van der Waals surface area contributed by atoms with E-state index >= 15 is 0 Å². The Balaban J connectivity index is 3.66. The first kappa shape index (κ1) is 17.8. The molecule has 1 aromatic rings. The molecule has 0 N–H and O–H groups in total. The summed E-state index contributed by atoms with van der Waals surface area (Å²) < 4.78 is 0. The molecule has 0 aliphatic heterocycles. The van der Waals surface area contributed by atoms with E-state index in [1.807, 2.05) is 13.8 Å². The minimum atomic E-state index is -0.959. The highest BCUT2D eigenvalue weighted by molar-refractivity contribution is 6.68. The number of halogens is 1. The van der Waals surface area contributed by atoms with Gasteiger partial charge in [0.2, 0.25) is 0 Å². The smallest absolute Gasteiger partial charge is 0.300 e. The fourth-order valence-corrected chi connectivity index (χ4v) is 2.35. The van der Waals surface area contributed by atoms with Crippen LogP contribution >= 0.6 is 11.6 Å². The van der Waals surface area contributed by atoms with Crippen molar-refractivity contribution in [3.8, 4) is 0 Å². The fourth-order valence-electron chi connectivity index (χ4n) is 2.21. The Bertz CT molecular complexity index is 564. The molecule has 0 heterocycles. The number of nitro groups is 2. The van der Waals surface area contributed by atoms with Crippen molar-refractivity contribution in [1.29, 1.82) is 0 Å². The van der Waals surface area contributed by atoms with Gasteiger partial charge in [0.15, 0.2) is 0 Å². The quantitative estimate of drug-likeness (QED) is 0.410. The second kappa shape index (κ2) is 7.69. The van der Waals surface area contributed by atoms with Crippen LogP contribution in [0.4, 0.5) is 17.1 Å². The van der Waals surface area contributed by atoms with Gasteiger partial charge in [0.05, 0.1) is 21.5 Å². The number of nitro benzene ring substituents is 2. The zero-order valence-corrected chi connectivity index (χ0v) is 13.0. The van der Waals surface area contributed by atoms with E-state index in [4.69, 9.17) is 11.6 Å². The number of hydrogen-bond acceptors (Lipinski definition) is 6. The molecule has 0 unspecified atom stereocenters. The second-order valence-electron chi connectivity index (χ2n) is 4.64. The summed E-state index contributed by atoms with van der Waals surface area (Å²) in [6.07, 6.45) is 1.40. The van der Waals surface area contributed by atoms with Crippen molar-refractivity contribution in [3.05, 3.63) is 37.9 Å². The Labute approximate surface area is 132 Å². The van der Waals surface area contributed by atoms with Crippen molar-refractivity contribution < 1.29 is 14.6 Å². The SMILES string of the molecule is CCCN(CCC)c1c(C(=O)Cl)cc([N+](=O)[O-])cc1[N+](=O)[O-]. The number of carbonyl (C=O) groups is 1. The van der Waals surface area contributed by atoms with Crippen molar-refractivity contribution in [1.82, 2.24) is 0 Å². The van der Waals surface area contributed by atoms with Gasteiger partial charge in [-0.05, 0) is 24.4 Å². The molecule has 0 saturated carbocycles. The topological polar surface area (TPSA) is 107 Å². The number of non-ortho nitro benzene ring substituents is 1. The van der Waals surface area contributed by atoms with Crippen molar-refractivity contribution in [2.45, 2.75) is 26.7 Å². The third kappa shape index (κ3) is 3.91. The molecular weight excluding hydrogens is 314 g/mol. The molecule has 0 amide bonds. The summed E-state index contributed by atoms with van der Waals surface area (Å²) in [6, 6.07) is 1.84. The van der Waals surface area contributed by atoms with Crippen LogP contribution in [-0.2, 0) is 0 Å². The van der Waals surface area contributed by atoms with E-state index in [0.29, 0.717) is 25.9 Å². The lowest BCUT2D eigenvalue weighted by molar-refractivity contribution is -0.393. The molecule has 0 saturated heterocycles. The number of carbonyl (C=O) groups excluding carboxylic acids is 1. The minimum Gasteiger partial charge on any atom is -0.365 e. The largest absolute Gasteiger partial charge is 0.365 e. The third-order valence-corrected chi connectivity index (χ3v) is 3.20. The van der Waals surface area contributed by atoms with Crippen LogP contribution in [0.15, 0.2) is 12.1 Å². The van der Waals surface area contributed by atoms with Crippen LogP contribution in [0.1, 0.15) is 37.0 Å². The van der Waals surface area contributed by atoms with Crippen molar-refractivity contribution >= 4 is 33.9 Å². The Morgan fingerprint density at radius 2 is 1.68 bits per heavy atom. The molecule has 8 nitrogen and oxygen atoms in total. The number of rotatable bonds is 8. The molecule has 22 heavy (non-hydrogen) atoms. The molecule has 0 fully saturated rings. The number of anilines is 1. The number of benzene rings is 1. The lowest BCUT2D eigenvalue weighted by Gasteiger charge is -2.25. The number of nitrogens with zero attached hydrogens (tertiary/aromatic N) is 3.